The molecule has 1 unspecified atom stereocenters. The summed E-state index contributed by atoms with van der Waals surface area (Å²) in [5, 5.41) is 11.7. The van der Waals surface area contributed by atoms with Crippen molar-refractivity contribution in [3.8, 4) is 22.9 Å². The molecule has 0 aliphatic carbocycles. The summed E-state index contributed by atoms with van der Waals surface area (Å²) in [4.78, 5) is 18.0. The lowest BCUT2D eigenvalue weighted by atomic mass is 9.72. The number of hydrogen-bond donors (Lipinski definition) is 2. The molecule has 0 fully saturated rings. The lowest BCUT2D eigenvalue weighted by molar-refractivity contribution is -0.128. The molecule has 0 bridgehead atoms. The highest BCUT2D eigenvalue weighted by Crippen LogP contribution is 2.52. The number of guanidine groups is 1. The number of benzene rings is 3. The third-order valence-electron chi connectivity index (χ3n) is 6.31. The number of nitrogens with one attached hydrogen (secondary N) is 1. The van der Waals surface area contributed by atoms with Crippen LogP contribution in [0, 0.1) is 17.2 Å². The number of carbonyl (C=O) groups is 1. The minimum Gasteiger partial charge on any atom is -0.485 e. The first-order chi connectivity index (χ1) is 15.5. The first-order valence-electron chi connectivity index (χ1n) is 10.5. The predicted octanol–water partition coefficient (Wildman–Crippen LogP) is 3.83. The highest BCUT2D eigenvalue weighted by Gasteiger charge is 2.56. The number of nitrogens with two attached hydrogens (primary N) is 1. The minimum absolute atomic E-state index is 0.114. The van der Waals surface area contributed by atoms with Gasteiger partial charge in [-0.25, -0.2) is 4.99 Å². The van der Waals surface area contributed by atoms with Gasteiger partial charge in [-0.2, -0.15) is 5.26 Å². The maximum absolute atomic E-state index is 13.3. The van der Waals surface area contributed by atoms with Crippen LogP contribution in [0.2, 0.25) is 0 Å². The summed E-state index contributed by atoms with van der Waals surface area (Å²) >= 11 is 0. The lowest BCUT2D eigenvalue weighted by Gasteiger charge is -2.42. The molecule has 0 saturated heterocycles. The largest absolute Gasteiger partial charge is 0.485 e. The van der Waals surface area contributed by atoms with E-state index < -0.39 is 5.54 Å². The predicted molar refractivity (Wildman–Crippen MR) is 122 cm³/mol. The van der Waals surface area contributed by atoms with E-state index in [-0.39, 0.29) is 23.9 Å². The van der Waals surface area contributed by atoms with Crippen LogP contribution in [-0.4, -0.2) is 11.9 Å². The Labute approximate surface area is 186 Å². The van der Waals surface area contributed by atoms with E-state index in [0.29, 0.717) is 17.7 Å². The third kappa shape index (κ3) is 3.02. The van der Waals surface area contributed by atoms with E-state index in [2.05, 4.69) is 16.4 Å². The Balaban J connectivity index is 1.67. The molecule has 3 aromatic rings. The second-order valence-corrected chi connectivity index (χ2v) is 8.20. The molecule has 1 spiro atoms. The van der Waals surface area contributed by atoms with E-state index in [4.69, 9.17) is 15.7 Å². The van der Waals surface area contributed by atoms with Crippen molar-refractivity contribution in [3.63, 3.8) is 0 Å². The molecule has 6 nitrogen and oxygen atoms in total. The molecule has 3 N–H and O–H groups in total. The summed E-state index contributed by atoms with van der Waals surface area (Å²) in [6.45, 7) is 1.97. The number of carbonyl (C=O) groups excluding carboxylic acids is 1. The zero-order valence-electron chi connectivity index (χ0n) is 17.6. The van der Waals surface area contributed by atoms with Gasteiger partial charge in [0.25, 0.3) is 5.91 Å². The van der Waals surface area contributed by atoms with E-state index >= 15 is 0 Å². The SMILES string of the molecule is CC1[C@H](c2ccccc2)Oc2ccc(-c3cccc(CC#N)c3)cc2[C@]12N=C(N)NC2=O. The minimum atomic E-state index is -1.18. The van der Waals surface area contributed by atoms with Crippen LogP contribution in [0.5, 0.6) is 5.75 Å². The Bertz CT molecular complexity index is 1280. The van der Waals surface area contributed by atoms with Crippen LogP contribution < -0.4 is 15.8 Å². The molecule has 2 heterocycles. The van der Waals surface area contributed by atoms with Gasteiger partial charge in [0, 0.05) is 11.5 Å². The first kappa shape index (κ1) is 19.8. The zero-order chi connectivity index (χ0) is 22.3. The fourth-order valence-corrected chi connectivity index (χ4v) is 4.74. The molecule has 2 aliphatic rings. The number of nitrogens with zero attached hydrogens (tertiary/aromatic N) is 2. The standard InChI is InChI=1S/C26H22N4O2/c1-16-23(18-7-3-2-4-8-18)32-22-11-10-20(19-9-5-6-17(14-19)12-13-27)15-21(22)26(16)24(31)29-25(28)30-26/h2-11,14-16,23H,12H2,1H3,(H3,28,29,30,31)/t16?,23-,26-/m1/s1. The van der Waals surface area contributed by atoms with Gasteiger partial charge in [-0.3, -0.25) is 10.1 Å². The molecule has 1 amide bonds. The van der Waals surface area contributed by atoms with Crippen molar-refractivity contribution in [3.05, 3.63) is 89.5 Å². The van der Waals surface area contributed by atoms with Crippen LogP contribution in [0.25, 0.3) is 11.1 Å². The molecular weight excluding hydrogens is 400 g/mol. The highest BCUT2D eigenvalue weighted by atomic mass is 16.5. The van der Waals surface area contributed by atoms with Crippen LogP contribution >= 0.6 is 0 Å². The van der Waals surface area contributed by atoms with Crippen molar-refractivity contribution in [1.29, 1.82) is 5.26 Å². The average molecular weight is 422 g/mol. The van der Waals surface area contributed by atoms with Gasteiger partial charge >= 0.3 is 0 Å². The molecule has 6 heteroatoms. The molecule has 5 rings (SSSR count). The zero-order valence-corrected chi connectivity index (χ0v) is 17.6. The quantitative estimate of drug-likeness (QED) is 0.670. The fraction of sp³-hybridized carbons (Fsp3) is 0.192. The molecular formula is C26H22N4O2. The maximum atomic E-state index is 13.3. The summed E-state index contributed by atoms with van der Waals surface area (Å²) in [7, 11) is 0. The molecule has 3 aromatic carbocycles. The summed E-state index contributed by atoms with van der Waals surface area (Å²) in [6, 6.07) is 25.7. The lowest BCUT2D eigenvalue weighted by Crippen LogP contribution is -2.48. The molecule has 2 aliphatic heterocycles. The number of nitriles is 1. The molecule has 0 radical (unpaired) electrons. The van der Waals surface area contributed by atoms with Gasteiger partial charge in [0.2, 0.25) is 0 Å². The second-order valence-electron chi connectivity index (χ2n) is 8.20. The third-order valence-corrected chi connectivity index (χ3v) is 6.31. The normalized spacial score (nSPS) is 23.6. The highest BCUT2D eigenvalue weighted by molar-refractivity contribution is 6.08. The maximum Gasteiger partial charge on any atom is 0.259 e. The van der Waals surface area contributed by atoms with Gasteiger partial charge in [0.05, 0.1) is 12.5 Å². The van der Waals surface area contributed by atoms with Crippen molar-refractivity contribution < 1.29 is 9.53 Å². The Morgan fingerprint density at radius 3 is 2.59 bits per heavy atom. The van der Waals surface area contributed by atoms with Gasteiger partial charge < -0.3 is 10.5 Å². The number of aliphatic imine (C=N–C) groups is 1. The van der Waals surface area contributed by atoms with Gasteiger partial charge in [0.15, 0.2) is 11.5 Å². The van der Waals surface area contributed by atoms with E-state index in [1.807, 2.05) is 79.7 Å². The van der Waals surface area contributed by atoms with Crippen LogP contribution in [-0.2, 0) is 16.8 Å². The van der Waals surface area contributed by atoms with Gasteiger partial charge in [-0.05, 0) is 34.4 Å². The van der Waals surface area contributed by atoms with E-state index in [0.717, 1.165) is 22.3 Å². The number of rotatable bonds is 3. The Morgan fingerprint density at radius 1 is 1.09 bits per heavy atom. The van der Waals surface area contributed by atoms with Crippen LogP contribution in [0.4, 0.5) is 0 Å². The average Bonchev–Trinajstić information content (AvgIpc) is 3.11. The van der Waals surface area contributed by atoms with Gasteiger partial charge in [0.1, 0.15) is 11.9 Å². The summed E-state index contributed by atoms with van der Waals surface area (Å²) in [5.41, 5.74) is 9.29. The first-order valence-corrected chi connectivity index (χ1v) is 10.5. The van der Waals surface area contributed by atoms with E-state index in [1.165, 1.54) is 0 Å². The smallest absolute Gasteiger partial charge is 0.259 e. The van der Waals surface area contributed by atoms with Crippen LogP contribution in [0.3, 0.4) is 0 Å². The van der Waals surface area contributed by atoms with Crippen molar-refractivity contribution in [2.45, 2.75) is 25.0 Å². The molecule has 0 saturated carbocycles. The Kier molecular flexibility index (Phi) is 4.67. The van der Waals surface area contributed by atoms with Crippen molar-refractivity contribution in [1.82, 2.24) is 5.32 Å². The van der Waals surface area contributed by atoms with Crippen LogP contribution in [0.1, 0.15) is 29.7 Å². The topological polar surface area (TPSA) is 100 Å². The summed E-state index contributed by atoms with van der Waals surface area (Å²) in [5.74, 6) is 0.187. The number of ether oxygens (including phenoxy) is 1. The van der Waals surface area contributed by atoms with Crippen molar-refractivity contribution in [2.24, 2.45) is 16.6 Å². The van der Waals surface area contributed by atoms with Crippen molar-refractivity contribution in [2.75, 3.05) is 0 Å². The van der Waals surface area contributed by atoms with Crippen LogP contribution in [0.15, 0.2) is 77.8 Å². The van der Waals surface area contributed by atoms with E-state index in [9.17, 15) is 4.79 Å². The molecule has 32 heavy (non-hydrogen) atoms. The second kappa shape index (κ2) is 7.54. The van der Waals surface area contributed by atoms with E-state index in [1.54, 1.807) is 0 Å². The fourth-order valence-electron chi connectivity index (χ4n) is 4.74. The summed E-state index contributed by atoms with van der Waals surface area (Å²) < 4.78 is 6.42. The van der Waals surface area contributed by atoms with Gasteiger partial charge in [-0.1, -0.05) is 67.6 Å². The Morgan fingerprint density at radius 2 is 1.88 bits per heavy atom. The Hall–Kier alpha value is -4.11. The number of amides is 1. The van der Waals surface area contributed by atoms with Gasteiger partial charge in [-0.15, -0.1) is 0 Å². The van der Waals surface area contributed by atoms with Crippen molar-refractivity contribution >= 4 is 11.9 Å². The molecule has 3 atom stereocenters. The number of hydrogen-bond acceptors (Lipinski definition) is 5. The molecule has 0 aromatic heterocycles. The molecule has 158 valence electrons. The number of fused-ring (bicyclic) bond motifs is 2. The monoisotopic (exact) mass is 422 g/mol. The summed E-state index contributed by atoms with van der Waals surface area (Å²) in [6.07, 6.45) is -0.0147.